The summed E-state index contributed by atoms with van der Waals surface area (Å²) < 4.78 is 5.48. The lowest BCUT2D eigenvalue weighted by Gasteiger charge is -2.13. The Balaban J connectivity index is 2.65. The SMILES string of the molecule is CCOC(C)Sc1ccccc1NC. The number of nitrogens with one attached hydrogen (secondary N) is 1. The van der Waals surface area contributed by atoms with E-state index in [9.17, 15) is 0 Å². The van der Waals surface area contributed by atoms with Crippen molar-refractivity contribution in [2.45, 2.75) is 24.2 Å². The van der Waals surface area contributed by atoms with E-state index in [1.54, 1.807) is 11.8 Å². The van der Waals surface area contributed by atoms with Gasteiger partial charge in [0.05, 0.1) is 0 Å². The van der Waals surface area contributed by atoms with E-state index >= 15 is 0 Å². The first-order valence-electron chi connectivity index (χ1n) is 4.83. The predicted octanol–water partition coefficient (Wildman–Crippen LogP) is 3.20. The van der Waals surface area contributed by atoms with Gasteiger partial charge >= 0.3 is 0 Å². The van der Waals surface area contributed by atoms with E-state index in [0.29, 0.717) is 0 Å². The summed E-state index contributed by atoms with van der Waals surface area (Å²) in [5.41, 5.74) is 1.36. The van der Waals surface area contributed by atoms with Gasteiger partial charge in [0.25, 0.3) is 0 Å². The van der Waals surface area contributed by atoms with Crippen LogP contribution in [0, 0.1) is 0 Å². The van der Waals surface area contributed by atoms with Crippen molar-refractivity contribution < 1.29 is 4.74 Å². The van der Waals surface area contributed by atoms with Gasteiger partial charge < -0.3 is 10.1 Å². The molecule has 0 heterocycles. The Hall–Kier alpha value is -0.670. The Labute approximate surface area is 90.0 Å². The Morgan fingerprint density at radius 1 is 1.43 bits per heavy atom. The van der Waals surface area contributed by atoms with Crippen LogP contribution in [0.25, 0.3) is 0 Å². The molecule has 0 aliphatic rings. The number of para-hydroxylation sites is 1. The quantitative estimate of drug-likeness (QED) is 0.597. The van der Waals surface area contributed by atoms with Crippen LogP contribution in [0.1, 0.15) is 13.8 Å². The summed E-state index contributed by atoms with van der Waals surface area (Å²) in [4.78, 5) is 1.23. The zero-order valence-corrected chi connectivity index (χ0v) is 9.73. The second-order valence-corrected chi connectivity index (χ2v) is 4.23. The zero-order valence-electron chi connectivity index (χ0n) is 8.91. The lowest BCUT2D eigenvalue weighted by molar-refractivity contribution is 0.137. The number of hydrogen-bond acceptors (Lipinski definition) is 3. The lowest BCUT2D eigenvalue weighted by Crippen LogP contribution is -2.03. The molecule has 0 saturated carbocycles. The van der Waals surface area contributed by atoms with Gasteiger partial charge in [-0.25, -0.2) is 0 Å². The van der Waals surface area contributed by atoms with Gasteiger partial charge in [-0.1, -0.05) is 23.9 Å². The summed E-state index contributed by atoms with van der Waals surface area (Å²) in [6.07, 6.45) is 0. The zero-order chi connectivity index (χ0) is 10.4. The number of benzene rings is 1. The van der Waals surface area contributed by atoms with Crippen LogP contribution in [-0.2, 0) is 4.74 Å². The molecule has 0 saturated heterocycles. The first-order valence-corrected chi connectivity index (χ1v) is 5.71. The largest absolute Gasteiger partial charge is 0.387 e. The molecule has 3 heteroatoms. The second-order valence-electron chi connectivity index (χ2n) is 2.89. The van der Waals surface area contributed by atoms with Gasteiger partial charge in [0.1, 0.15) is 5.44 Å². The van der Waals surface area contributed by atoms with Crippen molar-refractivity contribution in [3.05, 3.63) is 24.3 Å². The fourth-order valence-corrected chi connectivity index (χ4v) is 2.24. The van der Waals surface area contributed by atoms with Crippen LogP contribution in [-0.4, -0.2) is 19.1 Å². The molecule has 0 amide bonds. The average molecular weight is 211 g/mol. The molecule has 0 aliphatic carbocycles. The van der Waals surface area contributed by atoms with Crippen LogP contribution in [0.4, 0.5) is 5.69 Å². The van der Waals surface area contributed by atoms with E-state index in [0.717, 1.165) is 12.3 Å². The molecule has 0 fully saturated rings. The molecule has 1 N–H and O–H groups in total. The van der Waals surface area contributed by atoms with E-state index in [1.165, 1.54) is 4.90 Å². The molecular formula is C11H17NOS. The molecule has 1 atom stereocenters. The highest BCUT2D eigenvalue weighted by Gasteiger charge is 2.06. The van der Waals surface area contributed by atoms with Crippen LogP contribution in [0.15, 0.2) is 29.2 Å². The molecule has 0 bridgehead atoms. The van der Waals surface area contributed by atoms with Crippen molar-refractivity contribution in [3.63, 3.8) is 0 Å². The number of hydrogen-bond donors (Lipinski definition) is 1. The Morgan fingerprint density at radius 2 is 2.14 bits per heavy atom. The van der Waals surface area contributed by atoms with Crippen LogP contribution in [0.2, 0.25) is 0 Å². The second kappa shape index (κ2) is 5.94. The molecule has 1 aromatic rings. The third-order valence-electron chi connectivity index (χ3n) is 1.85. The molecule has 0 spiro atoms. The van der Waals surface area contributed by atoms with Crippen LogP contribution in [0.3, 0.4) is 0 Å². The predicted molar refractivity (Wildman–Crippen MR) is 62.9 cm³/mol. The van der Waals surface area contributed by atoms with Crippen molar-refractivity contribution in [2.75, 3.05) is 19.0 Å². The molecule has 78 valence electrons. The van der Waals surface area contributed by atoms with Crippen LogP contribution < -0.4 is 5.32 Å². The molecule has 1 unspecified atom stereocenters. The third kappa shape index (κ3) is 3.24. The van der Waals surface area contributed by atoms with Crippen molar-refractivity contribution in [2.24, 2.45) is 0 Å². The summed E-state index contributed by atoms with van der Waals surface area (Å²) >= 11 is 1.73. The Bertz CT molecular complexity index is 278. The highest BCUT2D eigenvalue weighted by molar-refractivity contribution is 7.99. The van der Waals surface area contributed by atoms with Gasteiger partial charge in [-0.3, -0.25) is 0 Å². The number of thioether (sulfide) groups is 1. The highest BCUT2D eigenvalue weighted by Crippen LogP contribution is 2.30. The first-order chi connectivity index (χ1) is 6.77. The molecular weight excluding hydrogens is 194 g/mol. The molecule has 2 nitrogen and oxygen atoms in total. The summed E-state index contributed by atoms with van der Waals surface area (Å²) in [5.74, 6) is 0. The third-order valence-corrected chi connectivity index (χ3v) is 2.93. The van der Waals surface area contributed by atoms with Crippen molar-refractivity contribution in [1.82, 2.24) is 0 Å². The monoisotopic (exact) mass is 211 g/mol. The first kappa shape index (κ1) is 11.4. The minimum absolute atomic E-state index is 0.203. The van der Waals surface area contributed by atoms with Crippen LogP contribution in [0.5, 0.6) is 0 Å². The molecule has 14 heavy (non-hydrogen) atoms. The van der Waals surface area contributed by atoms with Crippen molar-refractivity contribution in [1.29, 1.82) is 0 Å². The normalized spacial score (nSPS) is 12.5. The van der Waals surface area contributed by atoms with E-state index < -0.39 is 0 Å². The molecule has 1 rings (SSSR count). The average Bonchev–Trinajstić information content (AvgIpc) is 2.19. The Morgan fingerprint density at radius 3 is 2.79 bits per heavy atom. The van der Waals surface area contributed by atoms with Crippen molar-refractivity contribution in [3.8, 4) is 0 Å². The number of rotatable bonds is 5. The minimum atomic E-state index is 0.203. The maximum Gasteiger partial charge on any atom is 0.105 e. The Kier molecular flexibility index (Phi) is 4.84. The summed E-state index contributed by atoms with van der Waals surface area (Å²) in [6.45, 7) is 4.84. The molecule has 0 aromatic heterocycles. The number of anilines is 1. The standard InChI is InChI=1S/C11H17NOS/c1-4-13-9(2)14-11-8-6-5-7-10(11)12-3/h5-9,12H,4H2,1-3H3. The van der Waals surface area contributed by atoms with Gasteiger partial charge in [-0.15, -0.1) is 0 Å². The van der Waals surface area contributed by atoms with Crippen molar-refractivity contribution >= 4 is 17.4 Å². The maximum absolute atomic E-state index is 5.48. The summed E-state index contributed by atoms with van der Waals surface area (Å²) in [5, 5.41) is 3.17. The van der Waals surface area contributed by atoms with Gasteiger partial charge in [0, 0.05) is 24.2 Å². The van der Waals surface area contributed by atoms with E-state index in [2.05, 4.69) is 24.4 Å². The molecule has 0 radical (unpaired) electrons. The summed E-state index contributed by atoms with van der Waals surface area (Å²) in [6, 6.07) is 8.25. The van der Waals surface area contributed by atoms with E-state index in [4.69, 9.17) is 4.74 Å². The van der Waals surface area contributed by atoms with E-state index in [1.807, 2.05) is 26.1 Å². The smallest absolute Gasteiger partial charge is 0.105 e. The maximum atomic E-state index is 5.48. The highest BCUT2D eigenvalue weighted by atomic mass is 32.2. The summed E-state index contributed by atoms with van der Waals surface area (Å²) in [7, 11) is 1.94. The van der Waals surface area contributed by atoms with Crippen LogP contribution >= 0.6 is 11.8 Å². The topological polar surface area (TPSA) is 21.3 Å². The van der Waals surface area contributed by atoms with E-state index in [-0.39, 0.29) is 5.44 Å². The fourth-order valence-electron chi connectivity index (χ4n) is 1.22. The molecule has 1 aromatic carbocycles. The van der Waals surface area contributed by atoms with Gasteiger partial charge in [-0.05, 0) is 26.0 Å². The van der Waals surface area contributed by atoms with Gasteiger partial charge in [0.15, 0.2) is 0 Å². The lowest BCUT2D eigenvalue weighted by atomic mass is 10.3. The van der Waals surface area contributed by atoms with Gasteiger partial charge in [-0.2, -0.15) is 0 Å². The number of ether oxygens (including phenoxy) is 1. The minimum Gasteiger partial charge on any atom is -0.387 e. The van der Waals surface area contributed by atoms with Gasteiger partial charge in [0.2, 0.25) is 0 Å². The molecule has 0 aliphatic heterocycles. The fraction of sp³-hybridized carbons (Fsp3) is 0.455.